The molecular weight excluding hydrogens is 338 g/mol. The summed E-state index contributed by atoms with van der Waals surface area (Å²) in [6.45, 7) is 0.899. The number of benzene rings is 1. The van der Waals surface area contributed by atoms with Gasteiger partial charge in [-0.3, -0.25) is 4.79 Å². The van der Waals surface area contributed by atoms with Crippen molar-refractivity contribution >= 4 is 15.9 Å². The molecule has 1 aliphatic heterocycles. The molecule has 5 nitrogen and oxygen atoms in total. The van der Waals surface area contributed by atoms with E-state index in [0.29, 0.717) is 19.2 Å². The number of amides is 1. The lowest BCUT2D eigenvalue weighted by Crippen LogP contribution is -2.51. The maximum Gasteiger partial charge on any atom is 0.243 e. The quantitative estimate of drug-likeness (QED) is 0.830. The number of sulfonamides is 1. The number of piperazine rings is 1. The summed E-state index contributed by atoms with van der Waals surface area (Å²) >= 11 is 0. The Morgan fingerprint density at radius 3 is 2.04 bits per heavy atom. The van der Waals surface area contributed by atoms with Gasteiger partial charge in [0.05, 0.1) is 4.90 Å². The molecule has 1 saturated carbocycles. The van der Waals surface area contributed by atoms with Gasteiger partial charge in [0.15, 0.2) is 0 Å². The molecule has 2 fully saturated rings. The molecule has 1 aromatic carbocycles. The number of carbonyl (C=O) groups excluding carboxylic acids is 1. The van der Waals surface area contributed by atoms with E-state index >= 15 is 0 Å². The predicted octanol–water partition coefficient (Wildman–Crippen LogP) is 1.99. The van der Waals surface area contributed by atoms with Crippen molar-refractivity contribution in [3.63, 3.8) is 0 Å². The number of hydrogen-bond donors (Lipinski definition) is 0. The van der Waals surface area contributed by atoms with Gasteiger partial charge in [-0.1, -0.05) is 12.8 Å². The zero-order chi connectivity index (χ0) is 17.3. The van der Waals surface area contributed by atoms with E-state index in [1.807, 2.05) is 0 Å². The zero-order valence-corrected chi connectivity index (χ0v) is 14.1. The second-order valence-electron chi connectivity index (χ2n) is 6.32. The predicted molar refractivity (Wildman–Crippen MR) is 83.7 cm³/mol. The molecule has 24 heavy (non-hydrogen) atoms. The van der Waals surface area contributed by atoms with Crippen molar-refractivity contribution in [3.05, 3.63) is 29.8 Å². The SMILES string of the molecule is O=C(C1CCCC1)N1CCN(S(=O)(=O)c2cc(F)cc(F)c2)CC1. The second kappa shape index (κ2) is 6.76. The molecule has 0 aromatic heterocycles. The lowest BCUT2D eigenvalue weighted by atomic mass is 10.1. The third-order valence-corrected chi connectivity index (χ3v) is 6.60. The monoisotopic (exact) mass is 358 g/mol. The minimum atomic E-state index is -3.96. The average Bonchev–Trinajstić information content (AvgIpc) is 3.08. The van der Waals surface area contributed by atoms with Gasteiger partial charge in [0.25, 0.3) is 0 Å². The van der Waals surface area contributed by atoms with Gasteiger partial charge in [-0.05, 0) is 25.0 Å². The van der Waals surface area contributed by atoms with Crippen LogP contribution in [0.25, 0.3) is 0 Å². The summed E-state index contributed by atoms with van der Waals surface area (Å²) in [4.78, 5) is 13.7. The summed E-state index contributed by atoms with van der Waals surface area (Å²) in [7, 11) is -3.96. The van der Waals surface area contributed by atoms with Gasteiger partial charge in [0.1, 0.15) is 11.6 Å². The largest absolute Gasteiger partial charge is 0.340 e. The molecule has 1 saturated heterocycles. The van der Waals surface area contributed by atoms with Gasteiger partial charge in [0.2, 0.25) is 15.9 Å². The van der Waals surface area contributed by atoms with E-state index in [-0.39, 0.29) is 24.9 Å². The summed E-state index contributed by atoms with van der Waals surface area (Å²) in [5, 5.41) is 0. The minimum Gasteiger partial charge on any atom is -0.340 e. The van der Waals surface area contributed by atoms with Crippen LogP contribution in [0.2, 0.25) is 0 Å². The molecule has 2 aliphatic rings. The highest BCUT2D eigenvalue weighted by Crippen LogP contribution is 2.27. The van der Waals surface area contributed by atoms with E-state index in [2.05, 4.69) is 0 Å². The van der Waals surface area contributed by atoms with Crippen LogP contribution in [-0.2, 0) is 14.8 Å². The third-order valence-electron chi connectivity index (χ3n) is 4.73. The van der Waals surface area contributed by atoms with Gasteiger partial charge in [0, 0.05) is 38.2 Å². The van der Waals surface area contributed by atoms with Crippen LogP contribution >= 0.6 is 0 Å². The van der Waals surface area contributed by atoms with E-state index in [1.165, 1.54) is 4.31 Å². The molecule has 0 unspecified atom stereocenters. The molecule has 0 radical (unpaired) electrons. The Bertz CT molecular complexity index is 705. The van der Waals surface area contributed by atoms with E-state index in [0.717, 1.165) is 37.8 Å². The van der Waals surface area contributed by atoms with Crippen LogP contribution in [0, 0.1) is 17.6 Å². The maximum atomic E-state index is 13.3. The van der Waals surface area contributed by atoms with Crippen LogP contribution in [0.3, 0.4) is 0 Å². The molecule has 0 N–H and O–H groups in total. The first-order chi connectivity index (χ1) is 11.4. The van der Waals surface area contributed by atoms with Crippen molar-refractivity contribution in [1.82, 2.24) is 9.21 Å². The minimum absolute atomic E-state index is 0.0606. The summed E-state index contributed by atoms with van der Waals surface area (Å²) in [5.74, 6) is -1.70. The average molecular weight is 358 g/mol. The van der Waals surface area contributed by atoms with Crippen LogP contribution in [0.1, 0.15) is 25.7 Å². The Hall–Kier alpha value is -1.54. The lowest BCUT2D eigenvalue weighted by molar-refractivity contribution is -0.136. The van der Waals surface area contributed by atoms with Gasteiger partial charge in [-0.25, -0.2) is 17.2 Å². The van der Waals surface area contributed by atoms with Crippen molar-refractivity contribution in [2.24, 2.45) is 5.92 Å². The number of carbonyl (C=O) groups is 1. The number of nitrogens with zero attached hydrogens (tertiary/aromatic N) is 2. The Kier molecular flexibility index (Phi) is 4.87. The molecule has 1 aromatic rings. The molecule has 8 heteroatoms. The van der Waals surface area contributed by atoms with E-state index in [9.17, 15) is 22.0 Å². The topological polar surface area (TPSA) is 57.7 Å². The van der Waals surface area contributed by atoms with Crippen LogP contribution in [0.4, 0.5) is 8.78 Å². The standard InChI is InChI=1S/C16H20F2N2O3S/c17-13-9-14(18)11-15(10-13)24(22,23)20-7-5-19(6-8-20)16(21)12-3-1-2-4-12/h9-12H,1-8H2. The van der Waals surface area contributed by atoms with Crippen LogP contribution in [0.15, 0.2) is 23.1 Å². The Morgan fingerprint density at radius 2 is 1.50 bits per heavy atom. The molecule has 0 spiro atoms. The molecule has 1 amide bonds. The first kappa shape index (κ1) is 17.3. The number of rotatable bonds is 3. The molecule has 3 rings (SSSR count). The van der Waals surface area contributed by atoms with Crippen molar-refractivity contribution in [1.29, 1.82) is 0 Å². The summed E-state index contributed by atoms with van der Waals surface area (Å²) in [5.41, 5.74) is 0. The molecule has 0 atom stereocenters. The highest BCUT2D eigenvalue weighted by Gasteiger charge is 2.33. The fourth-order valence-electron chi connectivity index (χ4n) is 3.41. The lowest BCUT2D eigenvalue weighted by Gasteiger charge is -2.35. The zero-order valence-electron chi connectivity index (χ0n) is 13.2. The van der Waals surface area contributed by atoms with E-state index < -0.39 is 26.6 Å². The normalized spacial score (nSPS) is 20.5. The third kappa shape index (κ3) is 3.44. The van der Waals surface area contributed by atoms with Gasteiger partial charge >= 0.3 is 0 Å². The molecule has 0 bridgehead atoms. The van der Waals surface area contributed by atoms with Crippen LogP contribution in [-0.4, -0.2) is 49.7 Å². The molecule has 1 heterocycles. The van der Waals surface area contributed by atoms with Crippen LogP contribution < -0.4 is 0 Å². The van der Waals surface area contributed by atoms with Crippen molar-refractivity contribution in [3.8, 4) is 0 Å². The maximum absolute atomic E-state index is 13.3. The fraction of sp³-hybridized carbons (Fsp3) is 0.562. The Balaban J connectivity index is 1.68. The summed E-state index contributed by atoms with van der Waals surface area (Å²) in [6.07, 6.45) is 3.94. The van der Waals surface area contributed by atoms with Crippen molar-refractivity contribution in [2.45, 2.75) is 30.6 Å². The highest BCUT2D eigenvalue weighted by atomic mass is 32.2. The van der Waals surface area contributed by atoms with Crippen molar-refractivity contribution in [2.75, 3.05) is 26.2 Å². The highest BCUT2D eigenvalue weighted by molar-refractivity contribution is 7.89. The van der Waals surface area contributed by atoms with Crippen molar-refractivity contribution < 1.29 is 22.0 Å². The van der Waals surface area contributed by atoms with E-state index in [1.54, 1.807) is 4.90 Å². The van der Waals surface area contributed by atoms with Gasteiger partial charge in [-0.15, -0.1) is 0 Å². The summed E-state index contributed by atoms with van der Waals surface area (Å²) < 4.78 is 52.8. The van der Waals surface area contributed by atoms with Gasteiger partial charge in [-0.2, -0.15) is 4.31 Å². The molecule has 132 valence electrons. The Morgan fingerprint density at radius 1 is 0.958 bits per heavy atom. The molecule has 1 aliphatic carbocycles. The number of hydrogen-bond acceptors (Lipinski definition) is 3. The fourth-order valence-corrected chi connectivity index (χ4v) is 4.87. The van der Waals surface area contributed by atoms with Crippen LogP contribution in [0.5, 0.6) is 0 Å². The first-order valence-electron chi connectivity index (χ1n) is 8.13. The van der Waals surface area contributed by atoms with Gasteiger partial charge < -0.3 is 4.90 Å². The first-order valence-corrected chi connectivity index (χ1v) is 9.57. The smallest absolute Gasteiger partial charge is 0.243 e. The van der Waals surface area contributed by atoms with E-state index in [4.69, 9.17) is 0 Å². The number of halogens is 2. The molecular formula is C16H20F2N2O3S. The summed E-state index contributed by atoms with van der Waals surface area (Å²) in [6, 6.07) is 2.26. The Labute approximate surface area is 140 Å². The second-order valence-corrected chi connectivity index (χ2v) is 8.25.